The smallest absolute Gasteiger partial charge is 0.0922 e. The molecule has 1 aromatic heterocycles. The van der Waals surface area contributed by atoms with Crippen molar-refractivity contribution in [3.63, 3.8) is 0 Å². The lowest BCUT2D eigenvalue weighted by Crippen LogP contribution is -2.08. The molecule has 2 nitrogen and oxygen atoms in total. The Balaban J connectivity index is 0.00000163. The molecular formula is C24H32N2. The van der Waals surface area contributed by atoms with Crippen LogP contribution in [0.25, 0.3) is 0 Å². The van der Waals surface area contributed by atoms with Gasteiger partial charge in [0.25, 0.3) is 0 Å². The number of hydrogen-bond acceptors (Lipinski definition) is 1. The van der Waals surface area contributed by atoms with Crippen molar-refractivity contribution >= 4 is 0 Å². The van der Waals surface area contributed by atoms with Crippen molar-refractivity contribution in [3.05, 3.63) is 102 Å². The summed E-state index contributed by atoms with van der Waals surface area (Å²) in [6, 6.07) is 10.5. The molecule has 0 spiro atoms. The van der Waals surface area contributed by atoms with Crippen molar-refractivity contribution in [2.45, 2.75) is 47.0 Å². The monoisotopic (exact) mass is 348 g/mol. The molecule has 0 aliphatic rings. The second-order valence-corrected chi connectivity index (χ2v) is 5.80. The predicted octanol–water partition coefficient (Wildman–Crippen LogP) is 6.98. The number of aromatic nitrogens is 2. The van der Waals surface area contributed by atoms with Crippen molar-refractivity contribution in [2.24, 2.45) is 0 Å². The summed E-state index contributed by atoms with van der Waals surface area (Å²) in [4.78, 5) is 7.54. The van der Waals surface area contributed by atoms with E-state index in [0.717, 1.165) is 17.7 Å². The highest BCUT2D eigenvalue weighted by molar-refractivity contribution is 5.54. The Morgan fingerprint density at radius 2 is 1.92 bits per heavy atom. The van der Waals surface area contributed by atoms with Crippen molar-refractivity contribution in [1.82, 2.24) is 9.97 Å². The summed E-state index contributed by atoms with van der Waals surface area (Å²) >= 11 is 0. The number of benzene rings is 1. The number of nitrogens with zero attached hydrogens (tertiary/aromatic N) is 1. The van der Waals surface area contributed by atoms with E-state index in [1.54, 1.807) is 6.33 Å². The third-order valence-corrected chi connectivity index (χ3v) is 3.92. The van der Waals surface area contributed by atoms with Gasteiger partial charge in [0.1, 0.15) is 0 Å². The number of allylic oxidation sites excluding steroid dienone is 7. The molecule has 138 valence electrons. The van der Waals surface area contributed by atoms with Crippen LogP contribution in [0.15, 0.2) is 90.5 Å². The fraction of sp³-hybridized carbons (Fsp3) is 0.292. The molecule has 0 radical (unpaired) electrons. The van der Waals surface area contributed by atoms with E-state index in [4.69, 9.17) is 0 Å². The number of hydrogen-bond donors (Lipinski definition) is 1. The number of H-pyrrole nitrogens is 1. The van der Waals surface area contributed by atoms with Gasteiger partial charge in [-0.25, -0.2) is 4.98 Å². The summed E-state index contributed by atoms with van der Waals surface area (Å²) in [5, 5.41) is 0. The quantitative estimate of drug-likeness (QED) is 0.537. The van der Waals surface area contributed by atoms with Crippen LogP contribution in [0.4, 0.5) is 0 Å². The zero-order valence-corrected chi connectivity index (χ0v) is 16.8. The number of rotatable bonds is 7. The van der Waals surface area contributed by atoms with Gasteiger partial charge in [-0.05, 0) is 37.0 Å². The molecule has 0 fully saturated rings. The summed E-state index contributed by atoms with van der Waals surface area (Å²) in [5.41, 5.74) is 5.84. The molecule has 0 aliphatic carbocycles. The van der Waals surface area contributed by atoms with E-state index in [0.29, 0.717) is 0 Å². The minimum atomic E-state index is 0.113. The average Bonchev–Trinajstić information content (AvgIpc) is 3.19. The Morgan fingerprint density at radius 3 is 2.42 bits per heavy atom. The molecule has 0 amide bonds. The molecular weight excluding hydrogens is 316 g/mol. The van der Waals surface area contributed by atoms with Gasteiger partial charge in [-0.2, -0.15) is 0 Å². The van der Waals surface area contributed by atoms with E-state index in [9.17, 15) is 0 Å². The zero-order valence-electron chi connectivity index (χ0n) is 16.8. The second kappa shape index (κ2) is 11.9. The normalized spacial score (nSPS) is 13.3. The fourth-order valence-electron chi connectivity index (χ4n) is 2.88. The SMILES string of the molecule is C=C(C)C(=C\C=C/C)/C(=C\CC)C(c1ccccc1)c1cnc[nH]1.CC. The van der Waals surface area contributed by atoms with Gasteiger partial charge in [0, 0.05) is 11.9 Å². The van der Waals surface area contributed by atoms with Gasteiger partial charge in [-0.1, -0.05) is 87.6 Å². The van der Waals surface area contributed by atoms with E-state index in [1.807, 2.05) is 39.1 Å². The van der Waals surface area contributed by atoms with Gasteiger partial charge < -0.3 is 4.98 Å². The van der Waals surface area contributed by atoms with E-state index < -0.39 is 0 Å². The predicted molar refractivity (Wildman–Crippen MR) is 114 cm³/mol. The maximum atomic E-state index is 4.24. The summed E-state index contributed by atoms with van der Waals surface area (Å²) in [6.07, 6.45) is 13.2. The lowest BCUT2D eigenvalue weighted by molar-refractivity contribution is 0.906. The average molecular weight is 349 g/mol. The minimum absolute atomic E-state index is 0.113. The van der Waals surface area contributed by atoms with Crippen molar-refractivity contribution < 1.29 is 0 Å². The van der Waals surface area contributed by atoms with Gasteiger partial charge in [-0.15, -0.1) is 0 Å². The molecule has 0 bridgehead atoms. The first-order chi connectivity index (χ1) is 12.7. The largest absolute Gasteiger partial charge is 0.348 e. The Bertz CT molecular complexity index is 732. The van der Waals surface area contributed by atoms with Gasteiger partial charge in [-0.3, -0.25) is 0 Å². The van der Waals surface area contributed by atoms with Crippen LogP contribution >= 0.6 is 0 Å². The molecule has 1 heterocycles. The van der Waals surface area contributed by atoms with Crippen molar-refractivity contribution in [2.75, 3.05) is 0 Å². The van der Waals surface area contributed by atoms with Crippen LogP contribution in [0.3, 0.4) is 0 Å². The second-order valence-electron chi connectivity index (χ2n) is 5.80. The zero-order chi connectivity index (χ0) is 19.4. The lowest BCUT2D eigenvalue weighted by Gasteiger charge is -2.23. The van der Waals surface area contributed by atoms with Crippen LogP contribution < -0.4 is 0 Å². The maximum Gasteiger partial charge on any atom is 0.0922 e. The Kier molecular flexibility index (Phi) is 9.78. The summed E-state index contributed by atoms with van der Waals surface area (Å²) in [5.74, 6) is 0.113. The Morgan fingerprint density at radius 1 is 1.23 bits per heavy atom. The number of imidazole rings is 1. The molecule has 2 heteroatoms. The van der Waals surface area contributed by atoms with E-state index >= 15 is 0 Å². The van der Waals surface area contributed by atoms with Crippen LogP contribution in [-0.4, -0.2) is 9.97 Å². The third-order valence-electron chi connectivity index (χ3n) is 3.92. The van der Waals surface area contributed by atoms with Crippen LogP contribution in [-0.2, 0) is 0 Å². The Labute approximate surface area is 159 Å². The Hall–Kier alpha value is -2.61. The summed E-state index contributed by atoms with van der Waals surface area (Å²) in [6.45, 7) is 14.5. The highest BCUT2D eigenvalue weighted by Gasteiger charge is 2.22. The summed E-state index contributed by atoms with van der Waals surface area (Å²) in [7, 11) is 0. The maximum absolute atomic E-state index is 4.24. The minimum Gasteiger partial charge on any atom is -0.348 e. The molecule has 1 unspecified atom stereocenters. The van der Waals surface area contributed by atoms with Crippen LogP contribution in [0, 0.1) is 0 Å². The van der Waals surface area contributed by atoms with E-state index in [2.05, 4.69) is 72.9 Å². The van der Waals surface area contributed by atoms with Gasteiger partial charge in [0.05, 0.1) is 12.2 Å². The van der Waals surface area contributed by atoms with Crippen LogP contribution in [0.2, 0.25) is 0 Å². The van der Waals surface area contributed by atoms with E-state index in [-0.39, 0.29) is 5.92 Å². The third kappa shape index (κ3) is 5.73. The first-order valence-electron chi connectivity index (χ1n) is 9.41. The molecule has 26 heavy (non-hydrogen) atoms. The molecule has 2 aromatic rings. The first kappa shape index (κ1) is 21.4. The van der Waals surface area contributed by atoms with Crippen molar-refractivity contribution in [1.29, 1.82) is 0 Å². The first-order valence-corrected chi connectivity index (χ1v) is 9.41. The highest BCUT2D eigenvalue weighted by Crippen LogP contribution is 2.37. The lowest BCUT2D eigenvalue weighted by atomic mass is 9.81. The van der Waals surface area contributed by atoms with Gasteiger partial charge >= 0.3 is 0 Å². The molecule has 1 N–H and O–H groups in total. The van der Waals surface area contributed by atoms with Gasteiger partial charge in [0.2, 0.25) is 0 Å². The molecule has 0 aliphatic heterocycles. The number of aromatic amines is 1. The van der Waals surface area contributed by atoms with Crippen LogP contribution in [0.5, 0.6) is 0 Å². The van der Waals surface area contributed by atoms with Crippen molar-refractivity contribution in [3.8, 4) is 0 Å². The summed E-state index contributed by atoms with van der Waals surface area (Å²) < 4.78 is 0. The standard InChI is InChI=1S/C22H26N2.C2H6/c1-5-7-14-19(17(3)4)20(11-6-2)22(21-15-23-16-24-21)18-12-9-8-10-13-18;1-2/h5,7-16,22H,3,6H2,1-2,4H3,(H,23,24);1-2H3/b7-5-,19-14+,20-11+;. The van der Waals surface area contributed by atoms with Crippen LogP contribution in [0.1, 0.15) is 58.2 Å². The van der Waals surface area contributed by atoms with Gasteiger partial charge in [0.15, 0.2) is 0 Å². The molecule has 0 saturated heterocycles. The fourth-order valence-corrected chi connectivity index (χ4v) is 2.88. The number of nitrogens with one attached hydrogen (secondary N) is 1. The highest BCUT2D eigenvalue weighted by atomic mass is 14.9. The molecule has 0 saturated carbocycles. The van der Waals surface area contributed by atoms with E-state index in [1.165, 1.54) is 16.7 Å². The molecule has 2 rings (SSSR count). The molecule has 1 aromatic carbocycles. The topological polar surface area (TPSA) is 28.7 Å². The molecule has 1 atom stereocenters.